The van der Waals surface area contributed by atoms with Gasteiger partial charge < -0.3 is 19.8 Å². The molecule has 10 heteroatoms. The van der Waals surface area contributed by atoms with Gasteiger partial charge in [0.05, 0.1) is 28.8 Å². The molecule has 1 aromatic carbocycles. The van der Waals surface area contributed by atoms with E-state index in [2.05, 4.69) is 20.3 Å². The number of carbonyl (C=O) groups excluding carboxylic acids is 3. The van der Waals surface area contributed by atoms with Crippen molar-refractivity contribution in [1.82, 2.24) is 15.0 Å². The molecule has 0 bridgehead atoms. The largest absolute Gasteiger partial charge is 0.462 e. The standard InChI is InChI=1S/C27H26N4O5S/c1-3-35-27(34)22-18-8-4-5-9-21(18)37-25(22)31-24(32)15(2)36-26(33)16-10-11-19-20(13-16)30-23(29-19)17-7-6-12-28-14-17/h6-7,10-15H,3-5,8-9H2,1-2H3,(H,29,30)(H,31,32). The summed E-state index contributed by atoms with van der Waals surface area (Å²) in [5.74, 6) is -0.963. The molecule has 5 rings (SSSR count). The maximum absolute atomic E-state index is 12.9. The van der Waals surface area contributed by atoms with E-state index in [0.717, 1.165) is 41.7 Å². The number of imidazole rings is 1. The number of aryl methyl sites for hydroxylation is 1. The van der Waals surface area contributed by atoms with Crippen LogP contribution in [0.1, 0.15) is 57.8 Å². The summed E-state index contributed by atoms with van der Waals surface area (Å²) >= 11 is 1.39. The number of nitrogens with one attached hydrogen (secondary N) is 2. The van der Waals surface area contributed by atoms with Gasteiger partial charge in [-0.1, -0.05) is 0 Å². The number of aromatic nitrogens is 3. The van der Waals surface area contributed by atoms with E-state index in [-0.39, 0.29) is 12.2 Å². The van der Waals surface area contributed by atoms with Crippen LogP contribution in [0.3, 0.4) is 0 Å². The van der Waals surface area contributed by atoms with Crippen LogP contribution in [0.25, 0.3) is 22.4 Å². The number of benzene rings is 1. The van der Waals surface area contributed by atoms with E-state index in [9.17, 15) is 14.4 Å². The molecule has 190 valence electrons. The van der Waals surface area contributed by atoms with E-state index in [1.807, 2.05) is 12.1 Å². The Hall–Kier alpha value is -4.05. The minimum absolute atomic E-state index is 0.245. The Labute approximate surface area is 217 Å². The van der Waals surface area contributed by atoms with Crippen molar-refractivity contribution in [1.29, 1.82) is 0 Å². The second-order valence-electron chi connectivity index (χ2n) is 8.73. The smallest absolute Gasteiger partial charge is 0.341 e. The van der Waals surface area contributed by atoms with Crippen molar-refractivity contribution < 1.29 is 23.9 Å². The fraction of sp³-hybridized carbons (Fsp3) is 0.296. The van der Waals surface area contributed by atoms with Crippen LogP contribution in [0.4, 0.5) is 5.00 Å². The third-order valence-corrected chi connectivity index (χ3v) is 7.40. The lowest BCUT2D eigenvalue weighted by atomic mass is 9.95. The van der Waals surface area contributed by atoms with E-state index in [0.29, 0.717) is 27.4 Å². The number of nitrogens with zero attached hydrogens (tertiary/aromatic N) is 2. The fourth-order valence-electron chi connectivity index (χ4n) is 4.34. The number of pyridine rings is 1. The molecule has 0 spiro atoms. The molecule has 9 nitrogen and oxygen atoms in total. The van der Waals surface area contributed by atoms with Gasteiger partial charge in [0.2, 0.25) is 0 Å². The summed E-state index contributed by atoms with van der Waals surface area (Å²) in [4.78, 5) is 51.3. The van der Waals surface area contributed by atoms with E-state index < -0.39 is 23.9 Å². The average molecular weight is 519 g/mol. The van der Waals surface area contributed by atoms with Crippen molar-refractivity contribution in [2.75, 3.05) is 11.9 Å². The summed E-state index contributed by atoms with van der Waals surface area (Å²) in [6.07, 6.45) is 5.98. The fourth-order valence-corrected chi connectivity index (χ4v) is 5.63. The first kappa shape index (κ1) is 24.6. The maximum Gasteiger partial charge on any atom is 0.341 e. The molecule has 1 unspecified atom stereocenters. The summed E-state index contributed by atoms with van der Waals surface area (Å²) in [7, 11) is 0. The summed E-state index contributed by atoms with van der Waals surface area (Å²) in [6.45, 7) is 3.49. The van der Waals surface area contributed by atoms with Crippen LogP contribution in [0.5, 0.6) is 0 Å². The molecular formula is C27H26N4O5S. The summed E-state index contributed by atoms with van der Waals surface area (Å²) < 4.78 is 10.7. The maximum atomic E-state index is 12.9. The van der Waals surface area contributed by atoms with Gasteiger partial charge in [-0.3, -0.25) is 9.78 Å². The Balaban J connectivity index is 1.30. The van der Waals surface area contributed by atoms with Gasteiger partial charge in [0.15, 0.2) is 6.10 Å². The minimum atomic E-state index is -1.08. The van der Waals surface area contributed by atoms with Gasteiger partial charge in [0.25, 0.3) is 5.91 Å². The number of hydrogen-bond acceptors (Lipinski definition) is 8. The molecule has 1 aliphatic carbocycles. The Morgan fingerprint density at radius 2 is 2.00 bits per heavy atom. The highest BCUT2D eigenvalue weighted by Crippen LogP contribution is 2.38. The van der Waals surface area contributed by atoms with Gasteiger partial charge in [-0.05, 0) is 75.4 Å². The highest BCUT2D eigenvalue weighted by atomic mass is 32.1. The van der Waals surface area contributed by atoms with Crippen molar-refractivity contribution >= 4 is 45.2 Å². The lowest BCUT2D eigenvalue weighted by molar-refractivity contribution is -0.123. The predicted octanol–water partition coefficient (Wildman–Crippen LogP) is 4.93. The molecule has 3 heterocycles. The van der Waals surface area contributed by atoms with Gasteiger partial charge in [-0.15, -0.1) is 11.3 Å². The Kier molecular flexibility index (Phi) is 7.00. The predicted molar refractivity (Wildman–Crippen MR) is 140 cm³/mol. The van der Waals surface area contributed by atoms with Crippen molar-refractivity contribution in [3.63, 3.8) is 0 Å². The van der Waals surface area contributed by atoms with Crippen molar-refractivity contribution in [2.24, 2.45) is 0 Å². The number of hydrogen-bond donors (Lipinski definition) is 2. The number of esters is 2. The number of anilines is 1. The molecular weight excluding hydrogens is 492 g/mol. The van der Waals surface area contributed by atoms with E-state index in [1.165, 1.54) is 18.3 Å². The zero-order chi connectivity index (χ0) is 25.9. The first-order valence-corrected chi connectivity index (χ1v) is 13.0. The topological polar surface area (TPSA) is 123 Å². The van der Waals surface area contributed by atoms with Crippen molar-refractivity contribution in [2.45, 2.75) is 45.6 Å². The first-order valence-electron chi connectivity index (χ1n) is 12.2. The number of rotatable bonds is 7. The van der Waals surface area contributed by atoms with Crippen molar-refractivity contribution in [3.05, 3.63) is 64.3 Å². The van der Waals surface area contributed by atoms with Crippen LogP contribution in [0.15, 0.2) is 42.7 Å². The van der Waals surface area contributed by atoms with Crippen LogP contribution >= 0.6 is 11.3 Å². The zero-order valence-electron chi connectivity index (χ0n) is 20.5. The molecule has 0 saturated heterocycles. The monoisotopic (exact) mass is 518 g/mol. The number of aromatic amines is 1. The van der Waals surface area contributed by atoms with Crippen LogP contribution in [0, 0.1) is 0 Å². The number of H-pyrrole nitrogens is 1. The van der Waals surface area contributed by atoms with Gasteiger partial charge in [0, 0.05) is 22.8 Å². The van der Waals surface area contributed by atoms with Gasteiger partial charge in [-0.25, -0.2) is 14.6 Å². The quantitative estimate of drug-likeness (QED) is 0.333. The lowest BCUT2D eigenvalue weighted by Gasteiger charge is -2.14. The molecule has 0 aliphatic heterocycles. The van der Waals surface area contributed by atoms with E-state index >= 15 is 0 Å². The highest BCUT2D eigenvalue weighted by molar-refractivity contribution is 7.17. The second kappa shape index (κ2) is 10.5. The number of ether oxygens (including phenoxy) is 2. The van der Waals surface area contributed by atoms with Gasteiger partial charge in [0.1, 0.15) is 10.8 Å². The number of carbonyl (C=O) groups is 3. The average Bonchev–Trinajstić information content (AvgIpc) is 3.50. The number of fused-ring (bicyclic) bond motifs is 2. The van der Waals surface area contributed by atoms with Gasteiger partial charge >= 0.3 is 11.9 Å². The SMILES string of the molecule is CCOC(=O)c1c(NC(=O)C(C)OC(=O)c2ccc3nc(-c4cccnc4)[nH]c3c2)sc2c1CCCC2. The number of thiophene rings is 1. The molecule has 4 aromatic rings. The van der Waals surface area contributed by atoms with Crippen LogP contribution in [-0.2, 0) is 27.1 Å². The summed E-state index contributed by atoms with van der Waals surface area (Å²) in [5.41, 5.74) is 3.83. The Morgan fingerprint density at radius 3 is 2.78 bits per heavy atom. The molecule has 1 aliphatic rings. The molecule has 3 aromatic heterocycles. The Morgan fingerprint density at radius 1 is 1.16 bits per heavy atom. The second-order valence-corrected chi connectivity index (χ2v) is 9.84. The van der Waals surface area contributed by atoms with Crippen molar-refractivity contribution in [3.8, 4) is 11.4 Å². The third kappa shape index (κ3) is 5.10. The van der Waals surface area contributed by atoms with Crippen LogP contribution < -0.4 is 5.32 Å². The van der Waals surface area contributed by atoms with Crippen LogP contribution in [-0.4, -0.2) is 45.5 Å². The van der Waals surface area contributed by atoms with Crippen LogP contribution in [0.2, 0.25) is 0 Å². The molecule has 1 amide bonds. The summed E-state index contributed by atoms with van der Waals surface area (Å²) in [6, 6.07) is 8.67. The first-order chi connectivity index (χ1) is 17.9. The number of amides is 1. The molecule has 2 N–H and O–H groups in total. The highest BCUT2D eigenvalue weighted by Gasteiger charge is 2.29. The normalized spacial score (nSPS) is 13.6. The minimum Gasteiger partial charge on any atom is -0.462 e. The molecule has 37 heavy (non-hydrogen) atoms. The zero-order valence-corrected chi connectivity index (χ0v) is 21.3. The molecule has 0 fully saturated rings. The lowest BCUT2D eigenvalue weighted by Crippen LogP contribution is -2.30. The van der Waals surface area contributed by atoms with E-state index in [1.54, 1.807) is 37.5 Å². The molecule has 1 atom stereocenters. The Bertz CT molecular complexity index is 1480. The van der Waals surface area contributed by atoms with E-state index in [4.69, 9.17) is 9.47 Å². The molecule has 0 saturated carbocycles. The third-order valence-electron chi connectivity index (χ3n) is 6.19. The molecule has 0 radical (unpaired) electrons. The van der Waals surface area contributed by atoms with Gasteiger partial charge in [-0.2, -0.15) is 0 Å². The summed E-state index contributed by atoms with van der Waals surface area (Å²) in [5, 5.41) is 3.24.